The van der Waals surface area contributed by atoms with Crippen LogP contribution in [0.2, 0.25) is 0 Å². The standard InChI is InChI=1S/C23H27N5O2/c1-16-7-10-21(28-24-11-12-25-28)20(13-16)23(29)27-14-19(9-8-18(27)3)15-30-22-6-4-5-17(2)26-22/h4-7,10-13,18-19H,8-9,14-15H2,1-3H3/t18-,19-/m1/s1. The minimum absolute atomic E-state index is 0.0110. The summed E-state index contributed by atoms with van der Waals surface area (Å²) in [5.74, 6) is 0.914. The monoisotopic (exact) mass is 405 g/mol. The van der Waals surface area contributed by atoms with Crippen molar-refractivity contribution in [3.63, 3.8) is 0 Å². The molecule has 1 fully saturated rings. The lowest BCUT2D eigenvalue weighted by Gasteiger charge is -2.38. The third-order valence-corrected chi connectivity index (χ3v) is 5.59. The van der Waals surface area contributed by atoms with Crippen LogP contribution in [-0.2, 0) is 0 Å². The van der Waals surface area contributed by atoms with Gasteiger partial charge in [0.15, 0.2) is 0 Å². The van der Waals surface area contributed by atoms with Gasteiger partial charge in [0.05, 0.1) is 30.3 Å². The first-order chi connectivity index (χ1) is 14.5. The fourth-order valence-corrected chi connectivity index (χ4v) is 3.89. The Kier molecular flexibility index (Phi) is 5.79. The van der Waals surface area contributed by atoms with E-state index in [2.05, 4.69) is 22.1 Å². The highest BCUT2D eigenvalue weighted by Crippen LogP contribution is 2.26. The molecule has 7 heteroatoms. The summed E-state index contributed by atoms with van der Waals surface area (Å²) in [6.07, 6.45) is 5.20. The van der Waals surface area contributed by atoms with Crippen molar-refractivity contribution in [1.82, 2.24) is 24.9 Å². The first-order valence-electron chi connectivity index (χ1n) is 10.4. The molecule has 7 nitrogen and oxygen atoms in total. The van der Waals surface area contributed by atoms with Crippen molar-refractivity contribution in [1.29, 1.82) is 0 Å². The van der Waals surface area contributed by atoms with E-state index in [1.807, 2.05) is 55.1 Å². The molecule has 1 amide bonds. The Morgan fingerprint density at radius 2 is 1.93 bits per heavy atom. The van der Waals surface area contributed by atoms with Gasteiger partial charge in [-0.25, -0.2) is 4.98 Å². The molecule has 2 atom stereocenters. The van der Waals surface area contributed by atoms with Gasteiger partial charge in [0.2, 0.25) is 5.88 Å². The zero-order chi connectivity index (χ0) is 21.1. The van der Waals surface area contributed by atoms with E-state index < -0.39 is 0 Å². The number of ether oxygens (including phenoxy) is 1. The van der Waals surface area contributed by atoms with E-state index in [4.69, 9.17) is 4.74 Å². The van der Waals surface area contributed by atoms with Gasteiger partial charge in [-0.1, -0.05) is 17.7 Å². The Bertz CT molecular complexity index is 1020. The maximum Gasteiger partial charge on any atom is 0.256 e. The van der Waals surface area contributed by atoms with Gasteiger partial charge < -0.3 is 9.64 Å². The number of aromatic nitrogens is 4. The molecular formula is C23H27N5O2. The van der Waals surface area contributed by atoms with E-state index in [1.54, 1.807) is 12.4 Å². The highest BCUT2D eigenvalue weighted by atomic mass is 16.5. The summed E-state index contributed by atoms with van der Waals surface area (Å²) in [6, 6.07) is 11.7. The van der Waals surface area contributed by atoms with E-state index >= 15 is 0 Å². The van der Waals surface area contributed by atoms with E-state index in [9.17, 15) is 4.79 Å². The van der Waals surface area contributed by atoms with Crippen LogP contribution in [0.15, 0.2) is 48.8 Å². The average molecular weight is 406 g/mol. The molecule has 0 spiro atoms. The molecule has 0 N–H and O–H groups in total. The summed E-state index contributed by atoms with van der Waals surface area (Å²) in [4.78, 5) is 21.4. The summed E-state index contributed by atoms with van der Waals surface area (Å²) in [5.41, 5.74) is 3.29. The second-order valence-corrected chi connectivity index (χ2v) is 8.02. The van der Waals surface area contributed by atoms with Crippen molar-refractivity contribution in [3.8, 4) is 11.6 Å². The Morgan fingerprint density at radius 1 is 1.13 bits per heavy atom. The van der Waals surface area contributed by atoms with Gasteiger partial charge in [0, 0.05) is 30.3 Å². The minimum atomic E-state index is 0.0110. The van der Waals surface area contributed by atoms with E-state index in [1.165, 1.54) is 4.80 Å². The average Bonchev–Trinajstić information content (AvgIpc) is 3.27. The van der Waals surface area contributed by atoms with Crippen LogP contribution in [0.25, 0.3) is 5.69 Å². The summed E-state index contributed by atoms with van der Waals surface area (Å²) >= 11 is 0. The van der Waals surface area contributed by atoms with Crippen LogP contribution in [0.5, 0.6) is 5.88 Å². The molecule has 0 aliphatic carbocycles. The van der Waals surface area contributed by atoms with E-state index in [0.29, 0.717) is 30.3 Å². The first kappa shape index (κ1) is 20.1. The maximum absolute atomic E-state index is 13.5. The van der Waals surface area contributed by atoms with Gasteiger partial charge in [0.25, 0.3) is 5.91 Å². The van der Waals surface area contributed by atoms with Crippen LogP contribution in [0, 0.1) is 19.8 Å². The molecule has 0 saturated carbocycles. The SMILES string of the molecule is Cc1ccc(-n2nccn2)c(C(=O)N2C[C@H](COc3cccc(C)n3)CC[C@H]2C)c1. The van der Waals surface area contributed by atoms with Crippen LogP contribution in [-0.4, -0.2) is 50.0 Å². The number of piperidine rings is 1. The number of amides is 1. The number of carbonyl (C=O) groups excluding carboxylic acids is 1. The lowest BCUT2D eigenvalue weighted by atomic mass is 9.93. The number of rotatable bonds is 5. The molecule has 1 aliphatic rings. The Morgan fingerprint density at radius 3 is 2.70 bits per heavy atom. The third kappa shape index (κ3) is 4.35. The summed E-state index contributed by atoms with van der Waals surface area (Å²) < 4.78 is 5.92. The van der Waals surface area contributed by atoms with Crippen molar-refractivity contribution < 1.29 is 9.53 Å². The van der Waals surface area contributed by atoms with Crippen LogP contribution < -0.4 is 4.74 Å². The zero-order valence-corrected chi connectivity index (χ0v) is 17.7. The lowest BCUT2D eigenvalue weighted by Crippen LogP contribution is -2.47. The molecule has 30 heavy (non-hydrogen) atoms. The van der Waals surface area contributed by atoms with Crippen molar-refractivity contribution in [2.45, 2.75) is 39.7 Å². The number of nitrogens with zero attached hydrogens (tertiary/aromatic N) is 5. The smallest absolute Gasteiger partial charge is 0.256 e. The molecule has 3 heterocycles. The predicted molar refractivity (Wildman–Crippen MR) is 114 cm³/mol. The summed E-state index contributed by atoms with van der Waals surface area (Å²) in [6.45, 7) is 7.25. The van der Waals surface area contributed by atoms with Crippen LogP contribution >= 0.6 is 0 Å². The Hall–Kier alpha value is -3.22. The van der Waals surface area contributed by atoms with Gasteiger partial charge >= 0.3 is 0 Å². The number of carbonyl (C=O) groups is 1. The van der Waals surface area contributed by atoms with Crippen LogP contribution in [0.4, 0.5) is 0 Å². The van der Waals surface area contributed by atoms with E-state index in [-0.39, 0.29) is 17.9 Å². The molecule has 3 aromatic rings. The third-order valence-electron chi connectivity index (χ3n) is 5.59. The topological polar surface area (TPSA) is 73.1 Å². The molecule has 1 aromatic carbocycles. The predicted octanol–water partition coefficient (Wildman–Crippen LogP) is 3.60. The maximum atomic E-state index is 13.5. The zero-order valence-electron chi connectivity index (χ0n) is 17.7. The highest BCUT2D eigenvalue weighted by Gasteiger charge is 2.31. The van der Waals surface area contributed by atoms with Crippen molar-refractivity contribution >= 4 is 5.91 Å². The van der Waals surface area contributed by atoms with E-state index in [0.717, 1.165) is 24.1 Å². The molecule has 0 radical (unpaired) electrons. The van der Waals surface area contributed by atoms with Crippen molar-refractivity contribution in [3.05, 3.63) is 65.6 Å². The molecule has 0 unspecified atom stereocenters. The highest BCUT2D eigenvalue weighted by molar-refractivity contribution is 5.98. The molecule has 0 bridgehead atoms. The van der Waals surface area contributed by atoms with Gasteiger partial charge in [-0.2, -0.15) is 15.0 Å². The molecule has 2 aromatic heterocycles. The first-order valence-corrected chi connectivity index (χ1v) is 10.4. The molecule has 4 rings (SSSR count). The number of pyridine rings is 1. The number of hydrogen-bond acceptors (Lipinski definition) is 5. The van der Waals surface area contributed by atoms with Gasteiger partial charge in [-0.05, 0) is 51.8 Å². The minimum Gasteiger partial charge on any atom is -0.477 e. The van der Waals surface area contributed by atoms with Crippen molar-refractivity contribution in [2.75, 3.05) is 13.2 Å². The van der Waals surface area contributed by atoms with Gasteiger partial charge in [-0.3, -0.25) is 4.79 Å². The number of aryl methyl sites for hydroxylation is 2. The van der Waals surface area contributed by atoms with Gasteiger partial charge in [0.1, 0.15) is 0 Å². The summed E-state index contributed by atoms with van der Waals surface area (Å²) in [7, 11) is 0. The fourth-order valence-electron chi connectivity index (χ4n) is 3.89. The molecule has 156 valence electrons. The van der Waals surface area contributed by atoms with Crippen molar-refractivity contribution in [2.24, 2.45) is 5.92 Å². The second kappa shape index (κ2) is 8.65. The normalized spacial score (nSPS) is 19.0. The van der Waals surface area contributed by atoms with Crippen LogP contribution in [0.1, 0.15) is 41.4 Å². The quantitative estimate of drug-likeness (QED) is 0.648. The fraction of sp³-hybridized carbons (Fsp3) is 0.391. The summed E-state index contributed by atoms with van der Waals surface area (Å²) in [5, 5.41) is 8.43. The Balaban J connectivity index is 1.51. The number of benzene rings is 1. The second-order valence-electron chi connectivity index (χ2n) is 8.02. The van der Waals surface area contributed by atoms with Gasteiger partial charge in [-0.15, -0.1) is 0 Å². The molecule has 1 aliphatic heterocycles. The number of hydrogen-bond donors (Lipinski definition) is 0. The lowest BCUT2D eigenvalue weighted by molar-refractivity contribution is 0.0502. The Labute approximate surface area is 176 Å². The molecule has 1 saturated heterocycles. The van der Waals surface area contributed by atoms with Crippen LogP contribution in [0.3, 0.4) is 0 Å². The largest absolute Gasteiger partial charge is 0.477 e. The number of likely N-dealkylation sites (tertiary alicyclic amines) is 1. The molecular weight excluding hydrogens is 378 g/mol.